The molecule has 5 heterocycles. The van der Waals surface area contributed by atoms with Gasteiger partial charge >= 0.3 is 0 Å². The molecule has 8 aliphatic carbocycles. The van der Waals surface area contributed by atoms with Crippen LogP contribution in [0.25, 0.3) is 0 Å². The van der Waals surface area contributed by atoms with Gasteiger partial charge in [-0.2, -0.15) is 0 Å². The van der Waals surface area contributed by atoms with Gasteiger partial charge in [0.05, 0.1) is 69.9 Å². The zero-order chi connectivity index (χ0) is 46.5. The summed E-state index contributed by atoms with van der Waals surface area (Å²) in [5, 5.41) is 61.5. The van der Waals surface area contributed by atoms with Crippen molar-refractivity contribution in [2.75, 3.05) is 6.61 Å². The first-order valence-electron chi connectivity index (χ1n) is 26.2. The number of carbonyl (C=O) groups is 1. The van der Waals surface area contributed by atoms with Crippen molar-refractivity contribution < 1.29 is 49.3 Å². The summed E-state index contributed by atoms with van der Waals surface area (Å²) >= 11 is 0. The van der Waals surface area contributed by atoms with Gasteiger partial charge in [-0.15, -0.1) is 0 Å². The largest absolute Gasteiger partial charge is 0.392 e. The summed E-state index contributed by atoms with van der Waals surface area (Å²) < 4.78 is 26.6. The molecule has 22 atom stereocenters. The molecule has 0 amide bonds. The van der Waals surface area contributed by atoms with E-state index >= 15 is 0 Å². The molecule has 2 spiro atoms. The minimum absolute atomic E-state index is 0.00122. The predicted molar refractivity (Wildman–Crippen MR) is 240 cm³/mol. The summed E-state index contributed by atoms with van der Waals surface area (Å²) in [6, 6.07) is 0. The van der Waals surface area contributed by atoms with Gasteiger partial charge in [-0.1, -0.05) is 46.3 Å². The number of ketones is 1. The number of hydrogen-bond acceptors (Lipinski definition) is 12. The van der Waals surface area contributed by atoms with Crippen molar-refractivity contribution in [2.24, 2.45) is 74.9 Å². The van der Waals surface area contributed by atoms with E-state index in [0.717, 1.165) is 73.3 Å². The molecule has 4 aliphatic heterocycles. The first kappa shape index (κ1) is 44.1. The minimum Gasteiger partial charge on any atom is -0.392 e. The van der Waals surface area contributed by atoms with Crippen LogP contribution in [0, 0.1) is 74.9 Å². The van der Waals surface area contributed by atoms with Gasteiger partial charge < -0.3 is 44.5 Å². The molecule has 12 heteroatoms. The van der Waals surface area contributed by atoms with E-state index in [1.807, 2.05) is 19.9 Å². The summed E-state index contributed by atoms with van der Waals surface area (Å²) in [7, 11) is 0. The van der Waals surface area contributed by atoms with Crippen molar-refractivity contribution in [1.29, 1.82) is 0 Å². The smallest absolute Gasteiger partial charge is 0.174 e. The number of aromatic nitrogens is 2. The number of rotatable bonds is 0. The molecule has 1 aromatic heterocycles. The number of Topliss-reactive ketones (excluding diaryl/α,β-unsaturated/α-hetero) is 1. The van der Waals surface area contributed by atoms with Gasteiger partial charge in [0.15, 0.2) is 11.6 Å². The average Bonchev–Trinajstić information content (AvgIpc) is 3.92. The molecule has 4 saturated heterocycles. The fourth-order valence-electron chi connectivity index (χ4n) is 19.6. The van der Waals surface area contributed by atoms with Crippen molar-refractivity contribution in [1.82, 2.24) is 9.97 Å². The van der Waals surface area contributed by atoms with Gasteiger partial charge in [0.25, 0.3) is 0 Å². The van der Waals surface area contributed by atoms with E-state index in [9.17, 15) is 30.3 Å². The minimum atomic E-state index is -1.44. The van der Waals surface area contributed by atoms with Crippen molar-refractivity contribution in [2.45, 2.75) is 211 Å². The number of aliphatic hydroxyl groups excluding tert-OH is 2. The number of carbonyl (C=O) groups excluding carboxylic acids is 1. The van der Waals surface area contributed by atoms with Crippen LogP contribution in [0.15, 0.2) is 11.6 Å². The van der Waals surface area contributed by atoms with Crippen LogP contribution in [0.4, 0.5) is 0 Å². The van der Waals surface area contributed by atoms with E-state index in [4.69, 9.17) is 28.9 Å². The van der Waals surface area contributed by atoms with Crippen LogP contribution in [-0.2, 0) is 49.4 Å². The zero-order valence-electron chi connectivity index (χ0n) is 40.9. The molecule has 22 unspecified atom stereocenters. The molecule has 362 valence electrons. The summed E-state index contributed by atoms with van der Waals surface area (Å²) in [5.41, 5.74) is -1.11. The van der Waals surface area contributed by atoms with Crippen LogP contribution in [0.3, 0.4) is 0 Å². The number of ether oxygens (including phenoxy) is 4. The Kier molecular flexibility index (Phi) is 8.66. The maximum absolute atomic E-state index is 14.9. The van der Waals surface area contributed by atoms with Gasteiger partial charge in [0.2, 0.25) is 0 Å². The third-order valence-corrected chi connectivity index (χ3v) is 23.6. The highest BCUT2D eigenvalue weighted by atomic mass is 16.7. The lowest BCUT2D eigenvalue weighted by Crippen LogP contribution is -2.66. The topological polar surface area (TPSA) is 181 Å². The monoisotopic (exact) mass is 913 g/mol. The Balaban J connectivity index is 0.775. The summed E-state index contributed by atoms with van der Waals surface area (Å²) in [4.78, 5) is 26.0. The Labute approximate surface area is 390 Å². The molecule has 5 saturated carbocycles. The molecule has 13 rings (SSSR count). The van der Waals surface area contributed by atoms with E-state index in [2.05, 4.69) is 41.5 Å². The van der Waals surface area contributed by atoms with E-state index in [1.165, 1.54) is 0 Å². The normalized spacial score (nSPS) is 59.2. The lowest BCUT2D eigenvalue weighted by atomic mass is 9.42. The van der Waals surface area contributed by atoms with Crippen LogP contribution in [0.1, 0.15) is 149 Å². The van der Waals surface area contributed by atoms with Crippen LogP contribution in [-0.4, -0.2) is 106 Å². The van der Waals surface area contributed by atoms with Crippen LogP contribution in [0.5, 0.6) is 0 Å². The Hall–Kier alpha value is -1.87. The Bertz CT molecular complexity index is 2340. The first-order chi connectivity index (χ1) is 30.8. The molecular weight excluding hydrogens is 837 g/mol. The molecule has 0 radical (unpaired) electrons. The average molecular weight is 913 g/mol. The molecule has 0 bridgehead atoms. The van der Waals surface area contributed by atoms with Crippen molar-refractivity contribution in [3.63, 3.8) is 0 Å². The quantitative estimate of drug-likeness (QED) is 0.200. The van der Waals surface area contributed by atoms with E-state index in [0.29, 0.717) is 50.9 Å². The number of hydrogen-bond donors (Lipinski definition) is 5. The summed E-state index contributed by atoms with van der Waals surface area (Å²) in [6.45, 7) is 19.1. The number of aliphatic hydroxyl groups is 5. The Morgan fingerprint density at radius 2 is 1.38 bits per heavy atom. The molecule has 12 aliphatic rings. The molecule has 12 nitrogen and oxygen atoms in total. The summed E-state index contributed by atoms with van der Waals surface area (Å²) in [5.74, 6) is -1.86. The van der Waals surface area contributed by atoms with E-state index in [-0.39, 0.29) is 76.4 Å². The second-order valence-corrected chi connectivity index (χ2v) is 26.8. The molecule has 1 aromatic rings. The fraction of sp³-hybridized carbons (Fsp3) is 0.870. The van der Waals surface area contributed by atoms with Crippen LogP contribution in [0.2, 0.25) is 0 Å². The van der Waals surface area contributed by atoms with Gasteiger partial charge in [-0.3, -0.25) is 14.8 Å². The highest BCUT2D eigenvalue weighted by molar-refractivity contribution is 5.88. The van der Waals surface area contributed by atoms with Crippen molar-refractivity contribution in [3.05, 3.63) is 34.4 Å². The van der Waals surface area contributed by atoms with Gasteiger partial charge in [-0.05, 0) is 132 Å². The number of fused-ring (bicyclic) bond motifs is 16. The predicted octanol–water partition coefficient (Wildman–Crippen LogP) is 5.73. The lowest BCUT2D eigenvalue weighted by Gasteiger charge is -2.63. The van der Waals surface area contributed by atoms with E-state index < -0.39 is 63.4 Å². The Morgan fingerprint density at radius 1 is 0.712 bits per heavy atom. The maximum Gasteiger partial charge on any atom is 0.174 e. The number of nitrogens with zero attached hydrogens (tertiary/aromatic N) is 2. The maximum atomic E-state index is 14.9. The third-order valence-electron chi connectivity index (χ3n) is 23.6. The summed E-state index contributed by atoms with van der Waals surface area (Å²) in [6.07, 6.45) is 9.13. The van der Waals surface area contributed by atoms with E-state index in [1.54, 1.807) is 6.92 Å². The molecule has 5 N–H and O–H groups in total. The highest BCUT2D eigenvalue weighted by Gasteiger charge is 2.80. The molecule has 9 fully saturated rings. The second-order valence-electron chi connectivity index (χ2n) is 26.8. The van der Waals surface area contributed by atoms with Crippen molar-refractivity contribution >= 4 is 5.78 Å². The van der Waals surface area contributed by atoms with Crippen LogP contribution >= 0.6 is 0 Å². The molecule has 0 aromatic carbocycles. The van der Waals surface area contributed by atoms with Gasteiger partial charge in [-0.25, -0.2) is 0 Å². The van der Waals surface area contributed by atoms with Crippen molar-refractivity contribution in [3.8, 4) is 0 Å². The van der Waals surface area contributed by atoms with Gasteiger partial charge in [0.1, 0.15) is 17.5 Å². The van der Waals surface area contributed by atoms with Crippen LogP contribution < -0.4 is 0 Å². The second kappa shape index (κ2) is 13.0. The van der Waals surface area contributed by atoms with Gasteiger partial charge in [0, 0.05) is 54.8 Å². The third kappa shape index (κ3) is 5.02. The molecular formula is C54H76N2O10. The first-order valence-corrected chi connectivity index (χ1v) is 26.2. The SMILES string of the molecule is CC1C2C(CC3(O)C4CCC5Cc6nc7c(nc6CC5(C)C4CC(=O)C23C)CC2CC(O)C3C4=CC5OC6(CCC(C)(O)CO6)C(C)C5(O)C4(C)C(O)CC3C2(C)C7)OC12CCC(C)(C)O2. The molecule has 66 heavy (non-hydrogen) atoms. The standard InChI is InChI=1S/C54H76N2O10/c1-26-44-39(64-52(26)14-12-45(3,4)66-52)24-51(61)30-11-10-28-16-34-36(22-47(28,6)31(30)19-41(59)50(44,51)9)56-35-17-29-18-38(57)43-32(48(29,7)23-37(35)55-34)20-40(58)49(8)33(43)21-42-54(49,62)27(2)53(65-42)15-13-46(5,60)25-63-53/h21,26-32,38-40,42-44,57-58,60-62H,10-20,22-25H2,1-9H3. The zero-order valence-corrected chi connectivity index (χ0v) is 40.9. The Morgan fingerprint density at radius 3 is 2.03 bits per heavy atom. The fourth-order valence-corrected chi connectivity index (χ4v) is 19.6. The lowest BCUT2D eigenvalue weighted by molar-refractivity contribution is -0.289. The highest BCUT2D eigenvalue weighted by Crippen LogP contribution is 2.74.